The van der Waals surface area contributed by atoms with Gasteiger partial charge in [-0.25, -0.2) is 15.0 Å². The lowest BCUT2D eigenvalue weighted by molar-refractivity contribution is 0.580. The van der Waals surface area contributed by atoms with Crippen LogP contribution in [0.4, 0.5) is 0 Å². The fraction of sp³-hybridized carbons (Fsp3) is 0. The largest absolute Gasteiger partial charge is 0.463 e. The molecule has 0 saturated carbocycles. The summed E-state index contributed by atoms with van der Waals surface area (Å²) in [6.45, 7) is 0. The molecule has 1 N–H and O–H groups in total. The number of halogens is 1. The van der Waals surface area contributed by atoms with E-state index in [1.807, 2.05) is 24.3 Å². The van der Waals surface area contributed by atoms with Gasteiger partial charge in [-0.05, 0) is 24.3 Å². The minimum absolute atomic E-state index is 0.374. The van der Waals surface area contributed by atoms with Crippen molar-refractivity contribution in [3.05, 3.63) is 48.2 Å². The second kappa shape index (κ2) is 4.68. The summed E-state index contributed by atoms with van der Waals surface area (Å²) in [7, 11) is 0. The average molecular weight is 298 g/mol. The van der Waals surface area contributed by atoms with Crippen LogP contribution in [0.15, 0.2) is 47.5 Å². The molecule has 0 aromatic carbocycles. The molecule has 0 amide bonds. The van der Waals surface area contributed by atoms with Gasteiger partial charge in [-0.3, -0.25) is 5.10 Å². The molecule has 7 heteroatoms. The SMILES string of the molecule is Clc1n[nH]c2nc(-c3ccco3)c(-c3ccncn3)cc12. The lowest BCUT2D eigenvalue weighted by atomic mass is 10.1. The zero-order valence-corrected chi connectivity index (χ0v) is 11.4. The molecule has 4 heterocycles. The molecule has 0 aliphatic rings. The van der Waals surface area contributed by atoms with Crippen molar-refractivity contribution in [2.45, 2.75) is 0 Å². The maximum Gasteiger partial charge on any atom is 0.160 e. The predicted octanol–water partition coefficient (Wildman–Crippen LogP) is 3.33. The second-order valence-electron chi connectivity index (χ2n) is 4.37. The molecule has 0 aliphatic heterocycles. The topological polar surface area (TPSA) is 80.5 Å². The Morgan fingerprint density at radius 3 is 2.95 bits per heavy atom. The maximum absolute atomic E-state index is 6.07. The summed E-state index contributed by atoms with van der Waals surface area (Å²) in [6.07, 6.45) is 4.77. The summed E-state index contributed by atoms with van der Waals surface area (Å²) in [5.41, 5.74) is 2.82. The molecule has 0 bridgehead atoms. The number of aromatic amines is 1. The third-order valence-corrected chi connectivity index (χ3v) is 3.41. The van der Waals surface area contributed by atoms with Crippen molar-refractivity contribution in [3.63, 3.8) is 0 Å². The first-order valence-electron chi connectivity index (χ1n) is 6.18. The molecule has 4 aromatic heterocycles. The van der Waals surface area contributed by atoms with Gasteiger partial charge < -0.3 is 4.42 Å². The Hall–Kier alpha value is -2.73. The number of H-pyrrole nitrogens is 1. The molecule has 0 aliphatic carbocycles. The molecule has 0 saturated heterocycles. The fourth-order valence-electron chi connectivity index (χ4n) is 2.16. The third-order valence-electron chi connectivity index (χ3n) is 3.12. The summed E-state index contributed by atoms with van der Waals surface area (Å²) in [5, 5.41) is 7.88. The number of hydrogen-bond acceptors (Lipinski definition) is 5. The van der Waals surface area contributed by atoms with Crippen LogP contribution in [0.2, 0.25) is 5.15 Å². The van der Waals surface area contributed by atoms with Crippen molar-refractivity contribution in [2.24, 2.45) is 0 Å². The number of nitrogens with zero attached hydrogens (tertiary/aromatic N) is 4. The number of rotatable bonds is 2. The number of pyridine rings is 1. The maximum atomic E-state index is 6.07. The molecule has 0 atom stereocenters. The lowest BCUT2D eigenvalue weighted by Crippen LogP contribution is -1.92. The summed E-state index contributed by atoms with van der Waals surface area (Å²) in [6, 6.07) is 7.36. The number of hydrogen-bond donors (Lipinski definition) is 1. The van der Waals surface area contributed by atoms with E-state index in [9.17, 15) is 0 Å². The monoisotopic (exact) mass is 297 g/mol. The van der Waals surface area contributed by atoms with Crippen LogP contribution < -0.4 is 0 Å². The molecule has 0 fully saturated rings. The summed E-state index contributed by atoms with van der Waals surface area (Å²) < 4.78 is 5.46. The zero-order valence-electron chi connectivity index (χ0n) is 10.6. The van der Waals surface area contributed by atoms with Gasteiger partial charge in [-0.2, -0.15) is 5.10 Å². The van der Waals surface area contributed by atoms with Crippen molar-refractivity contribution in [1.29, 1.82) is 0 Å². The van der Waals surface area contributed by atoms with Gasteiger partial charge in [0, 0.05) is 11.8 Å². The molecular formula is C14H8ClN5O. The van der Waals surface area contributed by atoms with E-state index in [1.165, 1.54) is 6.33 Å². The Balaban J connectivity index is 2.06. The van der Waals surface area contributed by atoms with E-state index < -0.39 is 0 Å². The van der Waals surface area contributed by atoms with Gasteiger partial charge in [-0.1, -0.05) is 11.6 Å². The fourth-order valence-corrected chi connectivity index (χ4v) is 2.35. The Kier molecular flexibility index (Phi) is 2.68. The van der Waals surface area contributed by atoms with E-state index in [2.05, 4.69) is 25.1 Å². The zero-order chi connectivity index (χ0) is 14.2. The smallest absolute Gasteiger partial charge is 0.160 e. The first-order valence-corrected chi connectivity index (χ1v) is 6.55. The molecule has 0 spiro atoms. The van der Waals surface area contributed by atoms with Crippen molar-refractivity contribution >= 4 is 22.6 Å². The Morgan fingerprint density at radius 1 is 1.24 bits per heavy atom. The minimum atomic E-state index is 0.374. The molecule has 0 radical (unpaired) electrons. The third kappa shape index (κ3) is 1.96. The van der Waals surface area contributed by atoms with E-state index >= 15 is 0 Å². The normalized spacial score (nSPS) is 11.1. The molecule has 4 aromatic rings. The Morgan fingerprint density at radius 2 is 2.19 bits per heavy atom. The standard InChI is InChI=1S/C14H8ClN5O/c15-13-9-6-8(10-3-4-16-7-17-10)12(11-2-1-5-21-11)18-14(9)20-19-13/h1-7H,(H,18,19,20). The van der Waals surface area contributed by atoms with Gasteiger partial charge >= 0.3 is 0 Å². The first kappa shape index (κ1) is 12.0. The summed E-state index contributed by atoms with van der Waals surface area (Å²) in [4.78, 5) is 12.8. The van der Waals surface area contributed by atoms with E-state index in [0.29, 0.717) is 22.3 Å². The van der Waals surface area contributed by atoms with Crippen LogP contribution in [0, 0.1) is 0 Å². The highest BCUT2D eigenvalue weighted by Crippen LogP contribution is 2.33. The number of fused-ring (bicyclic) bond motifs is 1. The van der Waals surface area contributed by atoms with E-state index in [0.717, 1.165) is 16.6 Å². The number of aromatic nitrogens is 5. The molecule has 6 nitrogen and oxygen atoms in total. The Labute approximate surface area is 123 Å². The van der Waals surface area contributed by atoms with Crippen molar-refractivity contribution in [2.75, 3.05) is 0 Å². The van der Waals surface area contributed by atoms with Crippen LogP contribution in [0.5, 0.6) is 0 Å². The highest BCUT2D eigenvalue weighted by molar-refractivity contribution is 6.34. The molecule has 102 valence electrons. The molecule has 4 rings (SSSR count). The highest BCUT2D eigenvalue weighted by atomic mass is 35.5. The van der Waals surface area contributed by atoms with Gasteiger partial charge in [0.15, 0.2) is 16.6 Å². The second-order valence-corrected chi connectivity index (χ2v) is 4.73. The molecular weight excluding hydrogens is 290 g/mol. The number of nitrogens with one attached hydrogen (secondary N) is 1. The van der Waals surface area contributed by atoms with E-state index in [1.54, 1.807) is 12.5 Å². The van der Waals surface area contributed by atoms with Gasteiger partial charge in [0.05, 0.1) is 17.3 Å². The van der Waals surface area contributed by atoms with Crippen molar-refractivity contribution in [3.8, 4) is 22.7 Å². The van der Waals surface area contributed by atoms with E-state index in [4.69, 9.17) is 16.0 Å². The minimum Gasteiger partial charge on any atom is -0.463 e. The molecule has 21 heavy (non-hydrogen) atoms. The van der Waals surface area contributed by atoms with Crippen molar-refractivity contribution < 1.29 is 4.42 Å². The van der Waals surface area contributed by atoms with Gasteiger partial charge in [0.1, 0.15) is 12.0 Å². The average Bonchev–Trinajstić information content (AvgIpc) is 3.17. The van der Waals surface area contributed by atoms with Gasteiger partial charge in [0.25, 0.3) is 0 Å². The van der Waals surface area contributed by atoms with Crippen LogP contribution >= 0.6 is 11.6 Å². The number of furan rings is 1. The Bertz CT molecular complexity index is 902. The summed E-state index contributed by atoms with van der Waals surface area (Å²) in [5.74, 6) is 0.649. The quantitative estimate of drug-likeness (QED) is 0.614. The summed E-state index contributed by atoms with van der Waals surface area (Å²) >= 11 is 6.07. The van der Waals surface area contributed by atoms with Crippen molar-refractivity contribution in [1.82, 2.24) is 25.1 Å². The van der Waals surface area contributed by atoms with Crippen LogP contribution in [0.1, 0.15) is 0 Å². The highest BCUT2D eigenvalue weighted by Gasteiger charge is 2.16. The first-order chi connectivity index (χ1) is 10.3. The van der Waals surface area contributed by atoms with Crippen LogP contribution in [-0.2, 0) is 0 Å². The van der Waals surface area contributed by atoms with Crippen LogP contribution in [0.3, 0.4) is 0 Å². The predicted molar refractivity (Wildman–Crippen MR) is 77.6 cm³/mol. The van der Waals surface area contributed by atoms with Crippen LogP contribution in [-0.4, -0.2) is 25.1 Å². The van der Waals surface area contributed by atoms with Gasteiger partial charge in [0.2, 0.25) is 0 Å². The van der Waals surface area contributed by atoms with E-state index in [-0.39, 0.29) is 0 Å². The van der Waals surface area contributed by atoms with Crippen LogP contribution in [0.25, 0.3) is 33.7 Å². The lowest BCUT2D eigenvalue weighted by Gasteiger charge is -2.06. The molecule has 0 unspecified atom stereocenters. The van der Waals surface area contributed by atoms with Gasteiger partial charge in [-0.15, -0.1) is 0 Å².